The second-order valence-electron chi connectivity index (χ2n) is 4.68. The molecule has 0 atom stereocenters. The van der Waals surface area contributed by atoms with Crippen LogP contribution in [0.5, 0.6) is 0 Å². The molecule has 0 unspecified atom stereocenters. The SMILES string of the molecule is CNc1nc2ccccc2cc1CSc1ccc(F)cc1. The number of aromatic nitrogens is 1. The number of fused-ring (bicyclic) bond motifs is 1. The van der Waals surface area contributed by atoms with Gasteiger partial charge in [-0.2, -0.15) is 0 Å². The lowest BCUT2D eigenvalue weighted by molar-refractivity contribution is 0.626. The number of halogens is 1. The smallest absolute Gasteiger partial charge is 0.130 e. The molecule has 2 aromatic carbocycles. The minimum Gasteiger partial charge on any atom is -0.373 e. The van der Waals surface area contributed by atoms with Crippen molar-refractivity contribution in [3.8, 4) is 0 Å². The van der Waals surface area contributed by atoms with Crippen molar-refractivity contribution in [1.29, 1.82) is 0 Å². The average molecular weight is 298 g/mol. The lowest BCUT2D eigenvalue weighted by Crippen LogP contribution is -1.98. The van der Waals surface area contributed by atoms with Crippen LogP contribution in [0.3, 0.4) is 0 Å². The molecule has 0 aliphatic carbocycles. The number of benzene rings is 2. The van der Waals surface area contributed by atoms with Crippen LogP contribution < -0.4 is 5.32 Å². The highest BCUT2D eigenvalue weighted by atomic mass is 32.2. The first-order chi connectivity index (χ1) is 10.3. The minimum atomic E-state index is -0.206. The van der Waals surface area contributed by atoms with Gasteiger partial charge in [-0.1, -0.05) is 18.2 Å². The van der Waals surface area contributed by atoms with Gasteiger partial charge in [0.25, 0.3) is 0 Å². The molecule has 0 bridgehead atoms. The highest BCUT2D eigenvalue weighted by Gasteiger charge is 2.06. The maximum Gasteiger partial charge on any atom is 0.130 e. The Balaban J connectivity index is 1.86. The molecule has 1 N–H and O–H groups in total. The van der Waals surface area contributed by atoms with Gasteiger partial charge < -0.3 is 5.32 Å². The minimum absolute atomic E-state index is 0.206. The van der Waals surface area contributed by atoms with Crippen LogP contribution in [0.25, 0.3) is 10.9 Å². The fourth-order valence-corrected chi connectivity index (χ4v) is 3.05. The number of hydrogen-bond donors (Lipinski definition) is 1. The topological polar surface area (TPSA) is 24.9 Å². The molecule has 1 aromatic heterocycles. The van der Waals surface area contributed by atoms with Gasteiger partial charge in [0.15, 0.2) is 0 Å². The van der Waals surface area contributed by atoms with E-state index in [2.05, 4.69) is 22.4 Å². The van der Waals surface area contributed by atoms with Crippen LogP contribution in [-0.2, 0) is 5.75 Å². The molecule has 3 rings (SSSR count). The molecule has 2 nitrogen and oxygen atoms in total. The highest BCUT2D eigenvalue weighted by molar-refractivity contribution is 7.98. The zero-order chi connectivity index (χ0) is 14.7. The standard InChI is InChI=1S/C17H15FN2S/c1-19-17-13(10-12-4-2-3-5-16(12)20-17)11-21-15-8-6-14(18)7-9-15/h2-10H,11H2,1H3,(H,19,20). The maximum absolute atomic E-state index is 12.9. The van der Waals surface area contributed by atoms with E-state index < -0.39 is 0 Å². The maximum atomic E-state index is 12.9. The van der Waals surface area contributed by atoms with E-state index in [0.717, 1.165) is 32.9 Å². The van der Waals surface area contributed by atoms with Gasteiger partial charge in [-0.15, -0.1) is 11.8 Å². The van der Waals surface area contributed by atoms with Crippen LogP contribution in [0, 0.1) is 5.82 Å². The Morgan fingerprint density at radius 2 is 1.86 bits per heavy atom. The molecule has 0 saturated carbocycles. The number of rotatable bonds is 4. The lowest BCUT2D eigenvalue weighted by atomic mass is 10.1. The first kappa shape index (κ1) is 13.9. The predicted molar refractivity (Wildman–Crippen MR) is 87.3 cm³/mol. The van der Waals surface area contributed by atoms with Gasteiger partial charge in [0, 0.05) is 28.6 Å². The highest BCUT2D eigenvalue weighted by Crippen LogP contribution is 2.28. The molecule has 106 valence electrons. The molecule has 1 heterocycles. The Kier molecular flexibility index (Phi) is 4.06. The van der Waals surface area contributed by atoms with E-state index in [9.17, 15) is 4.39 Å². The summed E-state index contributed by atoms with van der Waals surface area (Å²) >= 11 is 1.67. The molecule has 3 aromatic rings. The summed E-state index contributed by atoms with van der Waals surface area (Å²) in [6.45, 7) is 0. The number of anilines is 1. The monoisotopic (exact) mass is 298 g/mol. The summed E-state index contributed by atoms with van der Waals surface area (Å²) in [7, 11) is 1.88. The number of thioether (sulfide) groups is 1. The number of nitrogens with zero attached hydrogens (tertiary/aromatic N) is 1. The summed E-state index contributed by atoms with van der Waals surface area (Å²) in [5.74, 6) is 1.48. The molecule has 0 aliphatic rings. The van der Waals surface area contributed by atoms with Gasteiger partial charge in [0.2, 0.25) is 0 Å². The molecule has 4 heteroatoms. The molecule has 21 heavy (non-hydrogen) atoms. The van der Waals surface area contributed by atoms with Gasteiger partial charge in [0.05, 0.1) is 5.52 Å². The zero-order valence-electron chi connectivity index (χ0n) is 11.6. The van der Waals surface area contributed by atoms with E-state index in [4.69, 9.17) is 0 Å². The first-order valence-electron chi connectivity index (χ1n) is 6.71. The molecule has 0 radical (unpaired) electrons. The van der Waals surface area contributed by atoms with E-state index in [-0.39, 0.29) is 5.82 Å². The fraction of sp³-hybridized carbons (Fsp3) is 0.118. The van der Waals surface area contributed by atoms with Crippen LogP contribution in [0.15, 0.2) is 59.5 Å². The van der Waals surface area contributed by atoms with Crippen LogP contribution in [0.2, 0.25) is 0 Å². The van der Waals surface area contributed by atoms with Gasteiger partial charge in [-0.05, 0) is 36.4 Å². The van der Waals surface area contributed by atoms with Gasteiger partial charge >= 0.3 is 0 Å². The Bertz CT molecular complexity index is 756. The summed E-state index contributed by atoms with van der Waals surface area (Å²) in [4.78, 5) is 5.68. The Morgan fingerprint density at radius 1 is 1.10 bits per heavy atom. The average Bonchev–Trinajstić information content (AvgIpc) is 2.53. The van der Waals surface area contributed by atoms with Crippen molar-refractivity contribution in [2.45, 2.75) is 10.6 Å². The van der Waals surface area contributed by atoms with E-state index in [1.807, 2.05) is 25.2 Å². The molecular formula is C17H15FN2S. The summed E-state index contributed by atoms with van der Waals surface area (Å²) in [5, 5.41) is 4.28. The van der Waals surface area contributed by atoms with Crippen molar-refractivity contribution in [2.24, 2.45) is 0 Å². The third-order valence-corrected chi connectivity index (χ3v) is 4.31. The second kappa shape index (κ2) is 6.14. The summed E-state index contributed by atoms with van der Waals surface area (Å²) in [6, 6.07) is 16.8. The Labute approximate surface area is 127 Å². The van der Waals surface area contributed by atoms with Crippen molar-refractivity contribution in [3.63, 3.8) is 0 Å². The van der Waals surface area contributed by atoms with Gasteiger partial charge in [0.1, 0.15) is 11.6 Å². The normalized spacial score (nSPS) is 10.8. The number of pyridine rings is 1. The lowest BCUT2D eigenvalue weighted by Gasteiger charge is -2.10. The van der Waals surface area contributed by atoms with E-state index in [1.54, 1.807) is 23.9 Å². The van der Waals surface area contributed by atoms with Gasteiger partial charge in [-0.25, -0.2) is 9.37 Å². The summed E-state index contributed by atoms with van der Waals surface area (Å²) < 4.78 is 12.9. The van der Waals surface area contributed by atoms with E-state index in [1.165, 1.54) is 12.1 Å². The third-order valence-electron chi connectivity index (χ3n) is 3.25. The number of para-hydroxylation sites is 1. The van der Waals surface area contributed by atoms with Crippen molar-refractivity contribution < 1.29 is 4.39 Å². The Morgan fingerprint density at radius 3 is 2.62 bits per heavy atom. The predicted octanol–water partition coefficient (Wildman–Crippen LogP) is 4.71. The van der Waals surface area contributed by atoms with Crippen LogP contribution in [0.4, 0.5) is 10.2 Å². The summed E-state index contributed by atoms with van der Waals surface area (Å²) in [6.07, 6.45) is 0. The first-order valence-corrected chi connectivity index (χ1v) is 7.69. The number of nitrogens with one attached hydrogen (secondary N) is 1. The summed E-state index contributed by atoms with van der Waals surface area (Å²) in [5.41, 5.74) is 2.13. The largest absolute Gasteiger partial charge is 0.373 e. The van der Waals surface area contributed by atoms with Crippen molar-refractivity contribution in [3.05, 3.63) is 66.0 Å². The molecular weight excluding hydrogens is 283 g/mol. The van der Waals surface area contributed by atoms with Crippen molar-refractivity contribution >= 4 is 28.5 Å². The van der Waals surface area contributed by atoms with Crippen LogP contribution in [0.1, 0.15) is 5.56 Å². The molecule has 0 fully saturated rings. The van der Waals surface area contributed by atoms with Crippen LogP contribution in [-0.4, -0.2) is 12.0 Å². The van der Waals surface area contributed by atoms with E-state index in [0.29, 0.717) is 0 Å². The molecule has 0 saturated heterocycles. The second-order valence-corrected chi connectivity index (χ2v) is 5.73. The Hall–Kier alpha value is -2.07. The molecule has 0 spiro atoms. The third kappa shape index (κ3) is 3.16. The molecule has 0 amide bonds. The van der Waals surface area contributed by atoms with Crippen molar-refractivity contribution in [2.75, 3.05) is 12.4 Å². The quantitative estimate of drug-likeness (QED) is 0.706. The van der Waals surface area contributed by atoms with Gasteiger partial charge in [-0.3, -0.25) is 0 Å². The molecule has 0 aliphatic heterocycles. The van der Waals surface area contributed by atoms with Crippen molar-refractivity contribution in [1.82, 2.24) is 4.98 Å². The van der Waals surface area contributed by atoms with Crippen LogP contribution >= 0.6 is 11.8 Å². The van der Waals surface area contributed by atoms with E-state index >= 15 is 0 Å². The fourth-order valence-electron chi connectivity index (χ4n) is 2.18. The number of hydrogen-bond acceptors (Lipinski definition) is 3. The zero-order valence-corrected chi connectivity index (χ0v) is 12.5.